The lowest BCUT2D eigenvalue weighted by Gasteiger charge is -2.46. The molecule has 1 spiro atoms. The van der Waals surface area contributed by atoms with Gasteiger partial charge in [0.05, 0.1) is 25.2 Å². The predicted octanol–water partition coefficient (Wildman–Crippen LogP) is 5.53. The van der Waals surface area contributed by atoms with E-state index in [4.69, 9.17) is 33.2 Å². The average molecular weight is 699 g/mol. The number of hydrogen-bond donors (Lipinski definition) is 0. The molecule has 2 saturated heterocycles. The molecule has 4 aliphatic rings. The zero-order valence-electron chi connectivity index (χ0n) is 29.5. The maximum Gasteiger partial charge on any atom is 0.184 e. The van der Waals surface area contributed by atoms with Crippen LogP contribution < -0.4 is 4.74 Å². The monoisotopic (exact) mass is 698 g/mol. The van der Waals surface area contributed by atoms with Crippen LogP contribution in [-0.4, -0.2) is 82.4 Å². The van der Waals surface area contributed by atoms with Crippen LogP contribution in [0.4, 0.5) is 0 Å². The molecule has 49 heavy (non-hydrogen) atoms. The summed E-state index contributed by atoms with van der Waals surface area (Å²) >= 11 is 0. The summed E-state index contributed by atoms with van der Waals surface area (Å²) in [6.45, 7) is 13.7. The van der Waals surface area contributed by atoms with E-state index < -0.39 is 67.6 Å². The number of sulfone groups is 1. The molecule has 2 heterocycles. The van der Waals surface area contributed by atoms with Crippen molar-refractivity contribution >= 4 is 15.6 Å². The number of ether oxygens (including phenoxy) is 7. The van der Waals surface area contributed by atoms with Gasteiger partial charge in [-0.3, -0.25) is 4.79 Å². The van der Waals surface area contributed by atoms with Crippen molar-refractivity contribution in [1.82, 2.24) is 0 Å². The maximum absolute atomic E-state index is 15.2. The SMILES string of the molecule is C=C[C@@H](OCc1ccc(OC)cc1)[C@]1([C@H]2[C@H](S(=O)(=O)c3ccccc3)[C@H]3O[C@@]34CC[C@@H]([C@@H](OCOC)C(=O)[C@@H]2C)C4(C)C)COC(C)(C)O1. The van der Waals surface area contributed by atoms with Crippen LogP contribution in [0.3, 0.4) is 0 Å². The molecule has 4 fully saturated rings. The zero-order chi connectivity index (χ0) is 35.4. The van der Waals surface area contributed by atoms with Gasteiger partial charge in [-0.25, -0.2) is 8.42 Å². The Balaban J connectivity index is 1.54. The largest absolute Gasteiger partial charge is 0.497 e. The van der Waals surface area contributed by atoms with Gasteiger partial charge < -0.3 is 33.2 Å². The number of benzene rings is 2. The normalized spacial score (nSPS) is 35.4. The van der Waals surface area contributed by atoms with Crippen molar-refractivity contribution in [1.29, 1.82) is 0 Å². The van der Waals surface area contributed by atoms with Gasteiger partial charge in [-0.15, -0.1) is 6.58 Å². The maximum atomic E-state index is 15.2. The number of rotatable bonds is 12. The van der Waals surface area contributed by atoms with E-state index in [9.17, 15) is 4.79 Å². The van der Waals surface area contributed by atoms with Crippen LogP contribution in [0.15, 0.2) is 72.1 Å². The smallest absolute Gasteiger partial charge is 0.184 e. The molecular formula is C38H50O10S. The molecule has 10 nitrogen and oxygen atoms in total. The Morgan fingerprint density at radius 3 is 2.33 bits per heavy atom. The second kappa shape index (κ2) is 13.2. The van der Waals surface area contributed by atoms with E-state index in [0.29, 0.717) is 18.6 Å². The summed E-state index contributed by atoms with van der Waals surface area (Å²) in [5.74, 6) is -2.75. The fraction of sp³-hybridized carbons (Fsp3) is 0.605. The molecule has 0 aromatic heterocycles. The molecule has 6 rings (SSSR count). The van der Waals surface area contributed by atoms with Gasteiger partial charge >= 0.3 is 0 Å². The van der Waals surface area contributed by atoms with Gasteiger partial charge in [-0.2, -0.15) is 0 Å². The minimum absolute atomic E-state index is 0.0431. The van der Waals surface area contributed by atoms with Crippen molar-refractivity contribution in [2.45, 2.75) is 99.5 Å². The van der Waals surface area contributed by atoms with Gasteiger partial charge in [0, 0.05) is 30.3 Å². The van der Waals surface area contributed by atoms with Gasteiger partial charge in [-0.05, 0) is 56.5 Å². The first-order valence-corrected chi connectivity index (χ1v) is 18.6. The number of carbonyl (C=O) groups is 1. The Labute approximate surface area is 290 Å². The lowest BCUT2D eigenvalue weighted by molar-refractivity contribution is -0.210. The fourth-order valence-corrected chi connectivity index (χ4v) is 11.3. The standard InChI is InChI=1S/C38H50O10S/c1-9-29(44-21-25-15-17-26(43-8)18-16-25)37(22-46-36(5,6)48-37)30-24(2)31(39)32(45-23-42-7)28-19-20-38(35(28,3)4)34(47-38)33(30)49(40,41)27-13-11-10-12-14-27/h9-18,24,28-30,32-34H,1,19-23H2,2-8H3/t24-,28+,29-,30-,32-,33+,34-,37+,38+/m1/s1. The Morgan fingerprint density at radius 1 is 1.04 bits per heavy atom. The molecule has 0 radical (unpaired) electrons. The lowest BCUT2D eigenvalue weighted by Crippen LogP contribution is -2.62. The molecule has 0 N–H and O–H groups in total. The molecule has 2 aromatic carbocycles. The highest BCUT2D eigenvalue weighted by molar-refractivity contribution is 7.92. The molecule has 2 bridgehead atoms. The second-order valence-electron chi connectivity index (χ2n) is 14.9. The minimum Gasteiger partial charge on any atom is -0.497 e. The predicted molar refractivity (Wildman–Crippen MR) is 182 cm³/mol. The summed E-state index contributed by atoms with van der Waals surface area (Å²) in [6, 6.07) is 15.9. The number of hydrogen-bond acceptors (Lipinski definition) is 10. The third-order valence-corrected chi connectivity index (χ3v) is 13.8. The highest BCUT2D eigenvalue weighted by Crippen LogP contribution is 2.68. The highest BCUT2D eigenvalue weighted by atomic mass is 32.2. The van der Waals surface area contributed by atoms with E-state index in [1.807, 2.05) is 24.3 Å². The van der Waals surface area contributed by atoms with Gasteiger partial charge in [0.15, 0.2) is 21.4 Å². The first-order valence-electron chi connectivity index (χ1n) is 17.0. The van der Waals surface area contributed by atoms with Crippen molar-refractivity contribution in [3.8, 4) is 5.75 Å². The lowest BCUT2D eigenvalue weighted by atomic mass is 9.69. The first-order chi connectivity index (χ1) is 23.2. The van der Waals surface area contributed by atoms with Gasteiger partial charge in [0.1, 0.15) is 47.3 Å². The Hall–Kier alpha value is -2.64. The molecule has 11 heteroatoms. The van der Waals surface area contributed by atoms with Crippen LogP contribution in [0.5, 0.6) is 5.75 Å². The van der Waals surface area contributed by atoms with Gasteiger partial charge in [-0.1, -0.05) is 57.2 Å². The fourth-order valence-electron chi connectivity index (χ4n) is 9.03. The van der Waals surface area contributed by atoms with Crippen LogP contribution >= 0.6 is 0 Å². The number of epoxide rings is 1. The highest BCUT2D eigenvalue weighted by Gasteiger charge is 2.78. The van der Waals surface area contributed by atoms with E-state index in [1.54, 1.807) is 64.3 Å². The van der Waals surface area contributed by atoms with E-state index in [-0.39, 0.29) is 36.6 Å². The van der Waals surface area contributed by atoms with Crippen molar-refractivity contribution in [2.24, 2.45) is 23.2 Å². The number of methoxy groups -OCH3 is 2. The van der Waals surface area contributed by atoms with E-state index >= 15 is 8.42 Å². The van der Waals surface area contributed by atoms with Crippen molar-refractivity contribution < 1.29 is 46.4 Å². The molecule has 9 atom stereocenters. The molecule has 2 aliphatic carbocycles. The van der Waals surface area contributed by atoms with Crippen molar-refractivity contribution in [3.63, 3.8) is 0 Å². The van der Waals surface area contributed by atoms with Gasteiger partial charge in [0.2, 0.25) is 0 Å². The third kappa shape index (κ3) is 5.99. The number of Topliss-reactive ketones (excluding diaryl/α,β-unsaturated/α-hetero) is 1. The Bertz CT molecular complexity index is 1620. The average Bonchev–Trinajstić information content (AvgIpc) is 3.64. The van der Waals surface area contributed by atoms with Crippen molar-refractivity contribution in [2.75, 3.05) is 27.6 Å². The van der Waals surface area contributed by atoms with Crippen molar-refractivity contribution in [3.05, 3.63) is 72.8 Å². The van der Waals surface area contributed by atoms with Crippen LogP contribution in [0, 0.1) is 23.2 Å². The number of fused-ring (bicyclic) bond motifs is 1. The first kappa shape index (κ1) is 36.2. The summed E-state index contributed by atoms with van der Waals surface area (Å²) in [5, 5.41) is -1.20. The summed E-state index contributed by atoms with van der Waals surface area (Å²) in [7, 11) is -1.03. The quantitative estimate of drug-likeness (QED) is 0.159. The van der Waals surface area contributed by atoms with E-state index in [0.717, 1.165) is 5.56 Å². The number of carbonyl (C=O) groups excluding carboxylic acids is 1. The molecule has 268 valence electrons. The van der Waals surface area contributed by atoms with Crippen LogP contribution in [0.25, 0.3) is 0 Å². The summed E-state index contributed by atoms with van der Waals surface area (Å²) in [5.41, 5.74) is -1.99. The van der Waals surface area contributed by atoms with E-state index in [2.05, 4.69) is 20.4 Å². The molecule has 2 aromatic rings. The number of ketones is 1. The van der Waals surface area contributed by atoms with Crippen LogP contribution in [-0.2, 0) is 49.7 Å². The molecule has 0 amide bonds. The summed E-state index contributed by atoms with van der Waals surface area (Å²) in [4.78, 5) is 15.1. The minimum atomic E-state index is -4.16. The van der Waals surface area contributed by atoms with E-state index in [1.165, 1.54) is 7.11 Å². The summed E-state index contributed by atoms with van der Waals surface area (Å²) in [6.07, 6.45) is 0.399. The molecular weight excluding hydrogens is 648 g/mol. The van der Waals surface area contributed by atoms with Crippen LogP contribution in [0.2, 0.25) is 0 Å². The molecule has 0 unspecified atom stereocenters. The second-order valence-corrected chi connectivity index (χ2v) is 17.0. The Kier molecular flexibility index (Phi) is 9.71. The zero-order valence-corrected chi connectivity index (χ0v) is 30.4. The topological polar surface area (TPSA) is 119 Å². The molecule has 2 saturated carbocycles. The van der Waals surface area contributed by atoms with Gasteiger partial charge in [0.25, 0.3) is 0 Å². The van der Waals surface area contributed by atoms with Crippen LogP contribution in [0.1, 0.15) is 53.0 Å². The third-order valence-electron chi connectivity index (χ3n) is 11.6. The Morgan fingerprint density at radius 2 is 1.73 bits per heavy atom. The summed E-state index contributed by atoms with van der Waals surface area (Å²) < 4.78 is 73.8. The molecule has 2 aliphatic heterocycles.